The average molecular weight is 389 g/mol. The molecular formula is C18H20ClF3N2O2. The van der Waals surface area contributed by atoms with E-state index >= 15 is 0 Å². The number of hydrogen-bond acceptors (Lipinski definition) is 3. The largest absolute Gasteiger partial charge is 0.484 e. The molecule has 0 aromatic heterocycles. The Hall–Kier alpha value is -2.25. The van der Waals surface area contributed by atoms with E-state index in [0.717, 1.165) is 5.56 Å². The average Bonchev–Trinajstić information content (AvgIpc) is 2.55. The molecule has 0 radical (unpaired) electrons. The SMILES string of the molecule is Cc1ccc(C(N)C(=O)Nc2cccc(OCC(F)(F)F)c2C)cc1.Cl. The van der Waals surface area contributed by atoms with Crippen LogP contribution in [0.25, 0.3) is 0 Å². The number of anilines is 1. The van der Waals surface area contributed by atoms with E-state index in [1.807, 2.05) is 19.1 Å². The Balaban J connectivity index is 0.00000338. The fourth-order valence-electron chi connectivity index (χ4n) is 2.20. The zero-order valence-electron chi connectivity index (χ0n) is 14.3. The number of carbonyl (C=O) groups excluding carboxylic acids is 1. The van der Waals surface area contributed by atoms with Gasteiger partial charge in [-0.1, -0.05) is 35.9 Å². The number of nitrogens with one attached hydrogen (secondary N) is 1. The van der Waals surface area contributed by atoms with E-state index in [-0.39, 0.29) is 18.2 Å². The molecule has 3 N–H and O–H groups in total. The molecule has 1 amide bonds. The van der Waals surface area contributed by atoms with Gasteiger partial charge in [-0.3, -0.25) is 4.79 Å². The lowest BCUT2D eigenvalue weighted by Gasteiger charge is -2.17. The lowest BCUT2D eigenvalue weighted by Crippen LogP contribution is -2.28. The monoisotopic (exact) mass is 388 g/mol. The minimum Gasteiger partial charge on any atom is -0.484 e. The lowest BCUT2D eigenvalue weighted by atomic mass is 10.0. The molecule has 0 aliphatic carbocycles. The normalized spacial score (nSPS) is 12.1. The highest BCUT2D eigenvalue weighted by atomic mass is 35.5. The molecule has 0 saturated carbocycles. The van der Waals surface area contributed by atoms with E-state index in [1.165, 1.54) is 12.1 Å². The Morgan fingerprint density at radius 3 is 2.35 bits per heavy atom. The van der Waals surface area contributed by atoms with Crippen molar-refractivity contribution in [1.82, 2.24) is 0 Å². The van der Waals surface area contributed by atoms with Gasteiger partial charge in [0.2, 0.25) is 5.91 Å². The molecule has 0 aliphatic heterocycles. The summed E-state index contributed by atoms with van der Waals surface area (Å²) in [6.07, 6.45) is -4.43. The summed E-state index contributed by atoms with van der Waals surface area (Å²) in [6.45, 7) is 2.10. The molecule has 26 heavy (non-hydrogen) atoms. The molecule has 1 unspecified atom stereocenters. The van der Waals surface area contributed by atoms with Gasteiger partial charge in [0.05, 0.1) is 0 Å². The standard InChI is InChI=1S/C18H19F3N2O2.ClH/c1-11-6-8-13(9-7-11)16(22)17(24)23-14-4-3-5-15(12(14)2)25-10-18(19,20)21;/h3-9,16H,10,22H2,1-2H3,(H,23,24);1H. The highest BCUT2D eigenvalue weighted by Gasteiger charge is 2.29. The van der Waals surface area contributed by atoms with Crippen LogP contribution in [0.5, 0.6) is 5.75 Å². The third kappa shape index (κ3) is 5.93. The highest BCUT2D eigenvalue weighted by molar-refractivity contribution is 5.96. The first kappa shape index (κ1) is 21.8. The molecule has 0 saturated heterocycles. The molecule has 0 aliphatic rings. The van der Waals surface area contributed by atoms with Gasteiger partial charge >= 0.3 is 6.18 Å². The molecule has 2 rings (SSSR count). The van der Waals surface area contributed by atoms with Crippen LogP contribution in [-0.4, -0.2) is 18.7 Å². The zero-order valence-corrected chi connectivity index (χ0v) is 15.1. The van der Waals surface area contributed by atoms with Gasteiger partial charge < -0.3 is 15.8 Å². The Morgan fingerprint density at radius 2 is 1.77 bits per heavy atom. The Morgan fingerprint density at radius 1 is 1.15 bits per heavy atom. The number of nitrogens with two attached hydrogens (primary N) is 1. The number of aryl methyl sites for hydroxylation is 1. The minimum atomic E-state index is -4.43. The van der Waals surface area contributed by atoms with Gasteiger partial charge in [-0.15, -0.1) is 12.4 Å². The lowest BCUT2D eigenvalue weighted by molar-refractivity contribution is -0.153. The van der Waals surface area contributed by atoms with Crippen LogP contribution in [0.3, 0.4) is 0 Å². The Bertz CT molecular complexity index is 749. The Labute approximate surface area is 155 Å². The molecule has 0 spiro atoms. The number of halogens is 4. The van der Waals surface area contributed by atoms with Gasteiger partial charge in [0.1, 0.15) is 11.8 Å². The molecule has 1 atom stereocenters. The first-order valence-electron chi connectivity index (χ1n) is 7.59. The fraction of sp³-hybridized carbons (Fsp3) is 0.278. The van der Waals surface area contributed by atoms with Gasteiger partial charge in [0.25, 0.3) is 0 Å². The molecule has 0 bridgehead atoms. The molecule has 0 fully saturated rings. The number of carbonyl (C=O) groups is 1. The second-order valence-electron chi connectivity index (χ2n) is 5.71. The van der Waals surface area contributed by atoms with Crippen molar-refractivity contribution in [3.05, 3.63) is 59.2 Å². The quantitative estimate of drug-likeness (QED) is 0.802. The van der Waals surface area contributed by atoms with E-state index in [9.17, 15) is 18.0 Å². The third-order valence-corrected chi connectivity index (χ3v) is 3.65. The van der Waals surface area contributed by atoms with E-state index < -0.39 is 24.7 Å². The van der Waals surface area contributed by atoms with Crippen LogP contribution in [0.4, 0.5) is 18.9 Å². The molecule has 142 valence electrons. The Kier molecular flexibility index (Phi) is 7.47. The van der Waals surface area contributed by atoms with Gasteiger partial charge in [0, 0.05) is 11.3 Å². The number of alkyl halides is 3. The second kappa shape index (κ2) is 8.91. The van der Waals surface area contributed by atoms with E-state index in [4.69, 9.17) is 10.5 Å². The van der Waals surface area contributed by atoms with Crippen molar-refractivity contribution in [3.8, 4) is 5.75 Å². The van der Waals surface area contributed by atoms with E-state index in [0.29, 0.717) is 16.8 Å². The van der Waals surface area contributed by atoms with Gasteiger partial charge in [-0.2, -0.15) is 13.2 Å². The first-order chi connectivity index (χ1) is 11.7. The smallest absolute Gasteiger partial charge is 0.422 e. The maximum Gasteiger partial charge on any atom is 0.422 e. The molecular weight excluding hydrogens is 369 g/mol. The van der Waals surface area contributed by atoms with Crippen molar-refractivity contribution in [3.63, 3.8) is 0 Å². The predicted molar refractivity (Wildman–Crippen MR) is 96.7 cm³/mol. The highest BCUT2D eigenvalue weighted by Crippen LogP contribution is 2.28. The van der Waals surface area contributed by atoms with Crippen LogP contribution in [0.15, 0.2) is 42.5 Å². The summed E-state index contributed by atoms with van der Waals surface area (Å²) in [5.74, 6) is -0.404. The second-order valence-corrected chi connectivity index (χ2v) is 5.71. The molecule has 8 heteroatoms. The fourth-order valence-corrected chi connectivity index (χ4v) is 2.20. The van der Waals surface area contributed by atoms with E-state index in [1.54, 1.807) is 25.1 Å². The summed E-state index contributed by atoms with van der Waals surface area (Å²) in [7, 11) is 0. The van der Waals surface area contributed by atoms with Crippen molar-refractivity contribution in [1.29, 1.82) is 0 Å². The molecule has 0 heterocycles. The topological polar surface area (TPSA) is 64.4 Å². The number of benzene rings is 2. The number of hydrogen-bond donors (Lipinski definition) is 2. The first-order valence-corrected chi connectivity index (χ1v) is 7.59. The van der Waals surface area contributed by atoms with Crippen LogP contribution >= 0.6 is 12.4 Å². The number of ether oxygens (including phenoxy) is 1. The number of rotatable bonds is 5. The van der Waals surface area contributed by atoms with Crippen molar-refractivity contribution < 1.29 is 22.7 Å². The van der Waals surface area contributed by atoms with E-state index in [2.05, 4.69) is 5.32 Å². The minimum absolute atomic E-state index is 0. The van der Waals surface area contributed by atoms with Gasteiger partial charge in [0.15, 0.2) is 6.61 Å². The number of amides is 1. The maximum atomic E-state index is 12.3. The van der Waals surface area contributed by atoms with Crippen LogP contribution < -0.4 is 15.8 Å². The summed E-state index contributed by atoms with van der Waals surface area (Å²) in [4.78, 5) is 12.3. The van der Waals surface area contributed by atoms with Crippen LogP contribution in [0.1, 0.15) is 22.7 Å². The summed E-state index contributed by atoms with van der Waals surface area (Å²) >= 11 is 0. The molecule has 2 aromatic carbocycles. The van der Waals surface area contributed by atoms with Crippen molar-refractivity contribution in [2.75, 3.05) is 11.9 Å². The molecule has 4 nitrogen and oxygen atoms in total. The third-order valence-electron chi connectivity index (χ3n) is 3.65. The van der Waals surface area contributed by atoms with Crippen LogP contribution in [-0.2, 0) is 4.79 Å². The van der Waals surface area contributed by atoms with Crippen LogP contribution in [0, 0.1) is 13.8 Å². The maximum absolute atomic E-state index is 12.3. The zero-order chi connectivity index (χ0) is 18.6. The van der Waals surface area contributed by atoms with Crippen molar-refractivity contribution >= 4 is 24.0 Å². The van der Waals surface area contributed by atoms with Crippen molar-refractivity contribution in [2.45, 2.75) is 26.1 Å². The van der Waals surface area contributed by atoms with Gasteiger partial charge in [-0.05, 0) is 31.5 Å². The summed E-state index contributed by atoms with van der Waals surface area (Å²) in [6, 6.07) is 10.8. The summed E-state index contributed by atoms with van der Waals surface area (Å²) in [5.41, 5.74) is 8.39. The van der Waals surface area contributed by atoms with Crippen LogP contribution in [0.2, 0.25) is 0 Å². The van der Waals surface area contributed by atoms with Crippen molar-refractivity contribution in [2.24, 2.45) is 5.73 Å². The predicted octanol–water partition coefficient (Wildman–Crippen LogP) is 4.30. The van der Waals surface area contributed by atoms with Gasteiger partial charge in [-0.25, -0.2) is 0 Å². The summed E-state index contributed by atoms with van der Waals surface area (Å²) in [5, 5.41) is 2.64. The molecule has 2 aromatic rings. The summed E-state index contributed by atoms with van der Waals surface area (Å²) < 4.78 is 41.7.